The molecule has 0 fully saturated rings. The number of rotatable bonds is 10. The van der Waals surface area contributed by atoms with Crippen molar-refractivity contribution in [1.82, 2.24) is 0 Å². The molecular weight excluding hydrogens is 324 g/mol. The Hall–Kier alpha value is -2.44. The Kier molecular flexibility index (Phi) is 7.37. The van der Waals surface area contributed by atoms with Crippen molar-refractivity contribution >= 4 is 0 Å². The van der Waals surface area contributed by atoms with Crippen molar-refractivity contribution in [2.75, 3.05) is 27.4 Å². The summed E-state index contributed by atoms with van der Waals surface area (Å²) in [6.45, 7) is 0.848. The maximum Gasteiger partial charge on any atom is 0.161 e. The van der Waals surface area contributed by atoms with Crippen LogP contribution in [-0.4, -0.2) is 37.6 Å². The highest BCUT2D eigenvalue weighted by molar-refractivity contribution is 5.43. The summed E-state index contributed by atoms with van der Waals surface area (Å²) in [5, 5.41) is 18.3. The van der Waals surface area contributed by atoms with E-state index >= 15 is 0 Å². The Morgan fingerprint density at radius 3 is 1.48 bits per heavy atom. The highest BCUT2D eigenvalue weighted by Gasteiger charge is 2.07. The van der Waals surface area contributed by atoms with E-state index in [0.29, 0.717) is 42.6 Å². The minimum Gasteiger partial charge on any atom is -0.493 e. The van der Waals surface area contributed by atoms with E-state index in [9.17, 15) is 0 Å². The lowest BCUT2D eigenvalue weighted by atomic mass is 10.2. The van der Waals surface area contributed by atoms with Crippen LogP contribution in [0.3, 0.4) is 0 Å². The topological polar surface area (TPSA) is 77.4 Å². The van der Waals surface area contributed by atoms with E-state index < -0.39 is 0 Å². The molecule has 0 aliphatic rings. The molecule has 0 spiro atoms. The monoisotopic (exact) mass is 348 g/mol. The summed E-state index contributed by atoms with van der Waals surface area (Å²) >= 11 is 0. The lowest BCUT2D eigenvalue weighted by Crippen LogP contribution is -2.06. The Morgan fingerprint density at radius 2 is 1.12 bits per heavy atom. The summed E-state index contributed by atoms with van der Waals surface area (Å²) in [7, 11) is 3.13. The van der Waals surface area contributed by atoms with E-state index in [-0.39, 0.29) is 13.2 Å². The van der Waals surface area contributed by atoms with Crippen LogP contribution in [-0.2, 0) is 13.2 Å². The van der Waals surface area contributed by atoms with Crippen molar-refractivity contribution in [3.8, 4) is 23.0 Å². The largest absolute Gasteiger partial charge is 0.493 e. The van der Waals surface area contributed by atoms with Gasteiger partial charge in [-0.1, -0.05) is 12.1 Å². The van der Waals surface area contributed by atoms with Gasteiger partial charge in [-0.25, -0.2) is 0 Å². The Bertz CT molecular complexity index is 613. The molecule has 0 amide bonds. The van der Waals surface area contributed by atoms with Crippen LogP contribution < -0.4 is 18.9 Å². The summed E-state index contributed by atoms with van der Waals surface area (Å²) < 4.78 is 21.9. The zero-order valence-corrected chi connectivity index (χ0v) is 14.5. The van der Waals surface area contributed by atoms with Crippen LogP contribution >= 0.6 is 0 Å². The van der Waals surface area contributed by atoms with Gasteiger partial charge in [0.2, 0.25) is 0 Å². The van der Waals surface area contributed by atoms with E-state index in [1.54, 1.807) is 50.6 Å². The normalized spacial score (nSPS) is 10.4. The van der Waals surface area contributed by atoms with Crippen LogP contribution in [0.25, 0.3) is 0 Å². The minimum atomic E-state index is -0.0403. The second-order valence-electron chi connectivity index (χ2n) is 5.34. The van der Waals surface area contributed by atoms with Crippen LogP contribution in [0.1, 0.15) is 17.5 Å². The summed E-state index contributed by atoms with van der Waals surface area (Å²) in [6, 6.07) is 10.6. The van der Waals surface area contributed by atoms with Gasteiger partial charge in [-0.2, -0.15) is 0 Å². The van der Waals surface area contributed by atoms with Crippen molar-refractivity contribution in [1.29, 1.82) is 0 Å². The van der Waals surface area contributed by atoms with Crippen LogP contribution in [0.5, 0.6) is 23.0 Å². The van der Waals surface area contributed by atoms with E-state index in [1.165, 1.54) is 0 Å². The molecule has 0 aromatic heterocycles. The molecule has 0 saturated heterocycles. The Labute approximate surface area is 147 Å². The molecule has 0 aliphatic carbocycles. The van der Waals surface area contributed by atoms with Gasteiger partial charge >= 0.3 is 0 Å². The number of hydrogen-bond acceptors (Lipinski definition) is 6. The number of hydrogen-bond donors (Lipinski definition) is 2. The summed E-state index contributed by atoms with van der Waals surface area (Å²) in [6.07, 6.45) is 0.676. The third kappa shape index (κ3) is 5.27. The molecule has 0 saturated carbocycles. The standard InChI is InChI=1S/C19H24O6/c1-22-18-10-14(12-20)4-6-16(18)24-8-3-9-25-17-7-5-15(13-21)11-19(17)23-2/h4-7,10-11,20-21H,3,8-9,12-13H2,1-2H3. The average molecular weight is 348 g/mol. The smallest absolute Gasteiger partial charge is 0.161 e. The van der Waals surface area contributed by atoms with E-state index in [0.717, 1.165) is 11.1 Å². The predicted molar refractivity (Wildman–Crippen MR) is 93.4 cm³/mol. The van der Waals surface area contributed by atoms with E-state index in [1.807, 2.05) is 0 Å². The molecule has 0 heterocycles. The van der Waals surface area contributed by atoms with Crippen molar-refractivity contribution in [2.45, 2.75) is 19.6 Å². The third-order valence-electron chi connectivity index (χ3n) is 3.63. The molecule has 0 unspecified atom stereocenters. The minimum absolute atomic E-state index is 0.0403. The fraction of sp³-hybridized carbons (Fsp3) is 0.368. The number of benzene rings is 2. The Balaban J connectivity index is 1.82. The predicted octanol–water partition coefficient (Wildman–Crippen LogP) is 2.54. The zero-order valence-electron chi connectivity index (χ0n) is 14.5. The molecule has 25 heavy (non-hydrogen) atoms. The van der Waals surface area contributed by atoms with Crippen molar-refractivity contribution in [3.05, 3.63) is 47.5 Å². The first-order valence-electron chi connectivity index (χ1n) is 8.03. The molecule has 0 radical (unpaired) electrons. The zero-order chi connectivity index (χ0) is 18.1. The van der Waals surface area contributed by atoms with Gasteiger partial charge in [0, 0.05) is 6.42 Å². The molecule has 2 rings (SSSR count). The van der Waals surface area contributed by atoms with Crippen LogP contribution in [0, 0.1) is 0 Å². The lowest BCUT2D eigenvalue weighted by Gasteiger charge is -2.13. The van der Waals surface area contributed by atoms with Crippen LogP contribution in [0.15, 0.2) is 36.4 Å². The number of ether oxygens (including phenoxy) is 4. The number of aliphatic hydroxyl groups excluding tert-OH is 2. The van der Waals surface area contributed by atoms with Crippen molar-refractivity contribution in [3.63, 3.8) is 0 Å². The van der Waals surface area contributed by atoms with Crippen molar-refractivity contribution in [2.24, 2.45) is 0 Å². The highest BCUT2D eigenvalue weighted by Crippen LogP contribution is 2.29. The summed E-state index contributed by atoms with van der Waals surface area (Å²) in [4.78, 5) is 0. The van der Waals surface area contributed by atoms with E-state index in [4.69, 9.17) is 29.2 Å². The molecule has 2 aromatic carbocycles. The molecule has 6 heteroatoms. The van der Waals surface area contributed by atoms with E-state index in [2.05, 4.69) is 0 Å². The Morgan fingerprint density at radius 1 is 0.680 bits per heavy atom. The fourth-order valence-corrected chi connectivity index (χ4v) is 2.28. The molecule has 0 aliphatic heterocycles. The molecule has 0 bridgehead atoms. The molecular formula is C19H24O6. The van der Waals surface area contributed by atoms with Crippen LogP contribution in [0.4, 0.5) is 0 Å². The maximum atomic E-state index is 9.14. The first-order valence-corrected chi connectivity index (χ1v) is 8.03. The molecule has 0 atom stereocenters. The first kappa shape index (κ1) is 18.9. The molecule has 136 valence electrons. The molecule has 2 aromatic rings. The van der Waals surface area contributed by atoms with Gasteiger partial charge in [0.1, 0.15) is 0 Å². The number of aliphatic hydroxyl groups is 2. The van der Waals surface area contributed by atoms with Gasteiger partial charge in [-0.3, -0.25) is 0 Å². The van der Waals surface area contributed by atoms with Gasteiger partial charge in [0.25, 0.3) is 0 Å². The lowest BCUT2D eigenvalue weighted by molar-refractivity contribution is 0.233. The fourth-order valence-electron chi connectivity index (χ4n) is 2.28. The van der Waals surface area contributed by atoms with Crippen molar-refractivity contribution < 1.29 is 29.2 Å². The van der Waals surface area contributed by atoms with Gasteiger partial charge in [0.05, 0.1) is 40.6 Å². The average Bonchev–Trinajstić information content (AvgIpc) is 2.67. The maximum absolute atomic E-state index is 9.14. The quantitative estimate of drug-likeness (QED) is 0.643. The second kappa shape index (κ2) is 9.76. The molecule has 6 nitrogen and oxygen atoms in total. The SMILES string of the molecule is COc1cc(CO)ccc1OCCCOc1ccc(CO)cc1OC. The van der Waals surface area contributed by atoms with Crippen LogP contribution in [0.2, 0.25) is 0 Å². The highest BCUT2D eigenvalue weighted by atomic mass is 16.5. The summed E-state index contributed by atoms with van der Waals surface area (Å²) in [5.74, 6) is 2.44. The first-order chi connectivity index (χ1) is 12.2. The summed E-state index contributed by atoms with van der Waals surface area (Å²) in [5.41, 5.74) is 1.54. The third-order valence-corrected chi connectivity index (χ3v) is 3.63. The molecule has 2 N–H and O–H groups in total. The van der Waals surface area contributed by atoms with Gasteiger partial charge in [0.15, 0.2) is 23.0 Å². The van der Waals surface area contributed by atoms with Gasteiger partial charge < -0.3 is 29.2 Å². The van der Waals surface area contributed by atoms with Gasteiger partial charge in [-0.15, -0.1) is 0 Å². The number of methoxy groups -OCH3 is 2. The second-order valence-corrected chi connectivity index (χ2v) is 5.34. The van der Waals surface area contributed by atoms with Gasteiger partial charge in [-0.05, 0) is 35.4 Å².